The first-order chi connectivity index (χ1) is 35.7. The lowest BCUT2D eigenvalue weighted by atomic mass is 9.79. The van der Waals surface area contributed by atoms with Crippen LogP contribution in [0.25, 0.3) is 46.6 Å². The molecule has 344 valence electrons. The Morgan fingerprint density at radius 3 is 0.556 bits per heavy atom. The van der Waals surface area contributed by atoms with Gasteiger partial charge in [-0.25, -0.2) is 0 Å². The van der Waals surface area contributed by atoms with Crippen LogP contribution in [0.1, 0.15) is 89.0 Å². The molecule has 0 radical (unpaired) electrons. The third kappa shape index (κ3) is 10.5. The van der Waals surface area contributed by atoms with E-state index >= 15 is 0 Å². The van der Waals surface area contributed by atoms with Crippen molar-refractivity contribution in [1.82, 2.24) is 0 Å². The second kappa shape index (κ2) is 21.8. The summed E-state index contributed by atoms with van der Waals surface area (Å²) in [6.07, 6.45) is 12.9. The number of hydrogen-bond acceptors (Lipinski definition) is 0. The first-order valence-electron chi connectivity index (χ1n) is 25.3. The van der Waals surface area contributed by atoms with Gasteiger partial charge in [0.2, 0.25) is 0 Å². The zero-order valence-corrected chi connectivity index (χ0v) is 40.5. The Hall–Kier alpha value is -8.84. The highest BCUT2D eigenvalue weighted by Crippen LogP contribution is 2.41. The third-order valence-corrected chi connectivity index (χ3v) is 13.9. The predicted octanol–water partition coefficient (Wildman–Crippen LogP) is 17.9. The standard InChI is InChI=1S/C72H56/c1-9-25-53(26-10-1)45-65(57-33-17-5-18-34-57)69-49-62-43-44-64-52-71(67(59-37-21-7-22-38-59)47-55-29-13-3-14-30-55)63(51-72(64)68(60-39-23-8-24-40-60)48-56-31-15-4-16-32-56)42-41-61(69)50-70(62)66(58-35-19-6-20-36-58)46-54-27-11-2-12-28-54/h1-40,45-52H,41-44H2/b65-45-,66-46+,67-47+,68-48-. The van der Waals surface area contributed by atoms with E-state index in [1.807, 2.05) is 0 Å². The maximum absolute atomic E-state index is 2.56. The fourth-order valence-electron chi connectivity index (χ4n) is 10.3. The number of rotatable bonds is 12. The van der Waals surface area contributed by atoms with Crippen molar-refractivity contribution in [3.05, 3.63) is 356 Å². The number of hydrogen-bond donors (Lipinski definition) is 0. The van der Waals surface area contributed by atoms with E-state index in [1.165, 1.54) is 111 Å². The molecule has 0 heterocycles. The van der Waals surface area contributed by atoms with Gasteiger partial charge in [0.15, 0.2) is 0 Å². The van der Waals surface area contributed by atoms with Crippen molar-refractivity contribution >= 4 is 46.6 Å². The molecule has 10 aromatic rings. The van der Waals surface area contributed by atoms with Gasteiger partial charge in [0.25, 0.3) is 0 Å². The van der Waals surface area contributed by atoms with Crippen LogP contribution in [0.3, 0.4) is 0 Å². The fourth-order valence-corrected chi connectivity index (χ4v) is 10.3. The molecule has 10 aromatic carbocycles. The zero-order valence-electron chi connectivity index (χ0n) is 40.5. The smallest absolute Gasteiger partial charge is 0.0103 e. The number of aryl methyl sites for hydroxylation is 4. The van der Waals surface area contributed by atoms with E-state index in [9.17, 15) is 0 Å². The van der Waals surface area contributed by atoms with Crippen molar-refractivity contribution < 1.29 is 0 Å². The van der Waals surface area contributed by atoms with Crippen LogP contribution in [0.2, 0.25) is 0 Å². The van der Waals surface area contributed by atoms with Gasteiger partial charge in [0, 0.05) is 0 Å². The second-order valence-electron chi connectivity index (χ2n) is 18.7. The van der Waals surface area contributed by atoms with Crippen LogP contribution >= 0.6 is 0 Å². The van der Waals surface area contributed by atoms with E-state index in [-0.39, 0.29) is 0 Å². The molecular weight excluding hydrogens is 865 g/mol. The summed E-state index contributed by atoms with van der Waals surface area (Å²) in [6.45, 7) is 0. The van der Waals surface area contributed by atoms with Crippen LogP contribution < -0.4 is 0 Å². The van der Waals surface area contributed by atoms with Crippen LogP contribution in [0.4, 0.5) is 0 Å². The molecule has 4 bridgehead atoms. The minimum absolute atomic E-state index is 0.817. The Kier molecular flexibility index (Phi) is 13.8. The van der Waals surface area contributed by atoms with Crippen molar-refractivity contribution in [2.75, 3.05) is 0 Å². The van der Waals surface area contributed by atoms with Gasteiger partial charge >= 0.3 is 0 Å². The van der Waals surface area contributed by atoms with Crippen molar-refractivity contribution in [3.8, 4) is 0 Å². The first kappa shape index (κ1) is 45.6. The van der Waals surface area contributed by atoms with Gasteiger partial charge in [-0.15, -0.1) is 0 Å². The summed E-state index contributed by atoms with van der Waals surface area (Å²) in [5, 5.41) is 0. The van der Waals surface area contributed by atoms with Crippen molar-refractivity contribution in [2.45, 2.75) is 25.7 Å². The molecule has 0 saturated carbocycles. The van der Waals surface area contributed by atoms with E-state index < -0.39 is 0 Å². The first-order valence-corrected chi connectivity index (χ1v) is 25.3. The summed E-state index contributed by atoms with van der Waals surface area (Å²) >= 11 is 0. The molecule has 14 rings (SSSR count). The van der Waals surface area contributed by atoms with Gasteiger partial charge in [-0.1, -0.05) is 267 Å². The van der Waals surface area contributed by atoms with Crippen molar-refractivity contribution in [2.24, 2.45) is 0 Å². The monoisotopic (exact) mass is 920 g/mol. The van der Waals surface area contributed by atoms with E-state index in [2.05, 4.69) is 291 Å². The van der Waals surface area contributed by atoms with Gasteiger partial charge in [0.1, 0.15) is 0 Å². The average Bonchev–Trinajstić information content (AvgIpc) is 3.45. The molecule has 72 heavy (non-hydrogen) atoms. The summed E-state index contributed by atoms with van der Waals surface area (Å²) in [6, 6.07) is 97.6. The molecule has 0 aliphatic heterocycles. The summed E-state index contributed by atoms with van der Waals surface area (Å²) in [5.74, 6) is 0. The topological polar surface area (TPSA) is 0 Å². The minimum atomic E-state index is 0.817. The van der Waals surface area contributed by atoms with E-state index in [0.717, 1.165) is 25.7 Å². The molecule has 4 aliphatic rings. The maximum Gasteiger partial charge on any atom is -0.0103 e. The lowest BCUT2D eigenvalue weighted by molar-refractivity contribution is 0.909. The minimum Gasteiger partial charge on any atom is -0.0622 e. The number of benzene rings is 10. The van der Waals surface area contributed by atoms with Gasteiger partial charge < -0.3 is 0 Å². The lowest BCUT2D eigenvalue weighted by Gasteiger charge is -2.25. The fraction of sp³-hybridized carbons (Fsp3) is 0.0556. The zero-order chi connectivity index (χ0) is 48.3. The van der Waals surface area contributed by atoms with Gasteiger partial charge in [-0.3, -0.25) is 0 Å². The lowest BCUT2D eigenvalue weighted by Crippen LogP contribution is -2.10. The highest BCUT2D eigenvalue weighted by Gasteiger charge is 2.24. The van der Waals surface area contributed by atoms with Crippen LogP contribution in [-0.2, 0) is 25.7 Å². The molecular formula is C72H56. The van der Waals surface area contributed by atoms with Crippen molar-refractivity contribution in [3.63, 3.8) is 0 Å². The molecule has 0 N–H and O–H groups in total. The maximum atomic E-state index is 2.56. The van der Waals surface area contributed by atoms with E-state index in [1.54, 1.807) is 0 Å². The summed E-state index contributed by atoms with van der Waals surface area (Å²) in [5.41, 5.74) is 24.9. The second-order valence-corrected chi connectivity index (χ2v) is 18.7. The third-order valence-electron chi connectivity index (χ3n) is 13.9. The van der Waals surface area contributed by atoms with E-state index in [4.69, 9.17) is 0 Å². The van der Waals surface area contributed by atoms with Gasteiger partial charge in [0.05, 0.1) is 0 Å². The Labute approximate surface area is 426 Å². The van der Waals surface area contributed by atoms with Crippen molar-refractivity contribution in [1.29, 1.82) is 0 Å². The Morgan fingerprint density at radius 2 is 0.375 bits per heavy atom. The molecule has 4 aliphatic carbocycles. The molecule has 0 saturated heterocycles. The normalized spacial score (nSPS) is 13.1. The molecule has 0 fully saturated rings. The largest absolute Gasteiger partial charge is 0.0622 e. The predicted molar refractivity (Wildman–Crippen MR) is 307 cm³/mol. The highest BCUT2D eigenvalue weighted by molar-refractivity contribution is 5.98. The van der Waals surface area contributed by atoms with Gasteiger partial charge in [-0.2, -0.15) is 0 Å². The molecule has 0 heteroatoms. The highest BCUT2D eigenvalue weighted by atomic mass is 14.3. The Balaban J connectivity index is 1.20. The molecule has 0 nitrogen and oxygen atoms in total. The molecule has 0 amide bonds. The summed E-state index contributed by atoms with van der Waals surface area (Å²) in [4.78, 5) is 0. The SMILES string of the molecule is C(=C(\c1ccccc1)c1cc2c(/C(=C/c3ccccc3)c3ccccc3)cc1CCc1cc(/C(=C\c3ccccc3)c3ccccc3)c(cc1/C(=C/c1ccccc1)c1ccccc1)CC2)/c1ccccc1. The Morgan fingerprint density at radius 1 is 0.208 bits per heavy atom. The molecule has 0 unspecified atom stereocenters. The van der Waals surface area contributed by atoms with E-state index in [0.29, 0.717) is 0 Å². The molecule has 0 spiro atoms. The molecule has 0 atom stereocenters. The van der Waals surface area contributed by atoms with Gasteiger partial charge in [-0.05, 0) is 161 Å². The van der Waals surface area contributed by atoms with Crippen LogP contribution in [0.5, 0.6) is 0 Å². The van der Waals surface area contributed by atoms with Crippen LogP contribution in [0, 0.1) is 0 Å². The average molecular weight is 921 g/mol. The summed E-state index contributed by atoms with van der Waals surface area (Å²) in [7, 11) is 0. The van der Waals surface area contributed by atoms with Crippen LogP contribution in [0.15, 0.2) is 267 Å². The van der Waals surface area contributed by atoms with Crippen LogP contribution in [-0.4, -0.2) is 0 Å². The summed E-state index contributed by atoms with van der Waals surface area (Å²) < 4.78 is 0. The Bertz CT molecular complexity index is 3050. The quantitative estimate of drug-likeness (QED) is 0.107. The molecule has 0 aromatic heterocycles.